The first kappa shape index (κ1) is 49.6. The smallest absolute Gasteiger partial charge is 0.135 e. The van der Waals surface area contributed by atoms with E-state index in [1.165, 1.54) is 117 Å². The van der Waals surface area contributed by atoms with Gasteiger partial charge >= 0.3 is 0 Å². The van der Waals surface area contributed by atoms with Crippen LogP contribution < -0.4 is 9.80 Å². The monoisotopic (exact) mass is 1090 g/mol. The summed E-state index contributed by atoms with van der Waals surface area (Å²) in [6.07, 6.45) is 0. The molecular weight excluding hydrogens is 1030 g/mol. The van der Waals surface area contributed by atoms with E-state index in [0.29, 0.717) is 0 Å². The van der Waals surface area contributed by atoms with Gasteiger partial charge in [-0.05, 0) is 211 Å². The van der Waals surface area contributed by atoms with Crippen LogP contribution in [-0.4, -0.2) is 0 Å². The number of anilines is 6. The van der Waals surface area contributed by atoms with Crippen molar-refractivity contribution in [2.75, 3.05) is 9.80 Å². The Balaban J connectivity index is 0.784. The molecule has 12 aromatic carbocycles. The van der Waals surface area contributed by atoms with Gasteiger partial charge in [0.1, 0.15) is 11.2 Å². The highest BCUT2D eigenvalue weighted by molar-refractivity contribution is 6.07. The molecule has 0 radical (unpaired) electrons. The highest BCUT2D eigenvalue weighted by Gasteiger charge is 2.51. The molecule has 13 aromatic rings. The lowest BCUT2D eigenvalue weighted by molar-refractivity contribution is 0.659. The molecule has 0 amide bonds. The number of para-hydroxylation sites is 1. The fourth-order valence-electron chi connectivity index (χ4n) is 15.8. The predicted molar refractivity (Wildman–Crippen MR) is 354 cm³/mol. The van der Waals surface area contributed by atoms with E-state index in [9.17, 15) is 0 Å². The molecule has 1 aromatic heterocycles. The van der Waals surface area contributed by atoms with Gasteiger partial charge in [0.15, 0.2) is 0 Å². The molecule has 0 unspecified atom stereocenters. The van der Waals surface area contributed by atoms with Gasteiger partial charge in [-0.3, -0.25) is 0 Å². The molecule has 0 fully saturated rings. The van der Waals surface area contributed by atoms with E-state index < -0.39 is 5.41 Å². The summed E-state index contributed by atoms with van der Waals surface area (Å²) in [5, 5.41) is 2.20. The number of nitrogens with zero attached hydrogens (tertiary/aromatic N) is 2. The van der Waals surface area contributed by atoms with Crippen molar-refractivity contribution >= 4 is 56.1 Å². The Labute approximate surface area is 497 Å². The van der Waals surface area contributed by atoms with Gasteiger partial charge in [-0.15, -0.1) is 0 Å². The van der Waals surface area contributed by atoms with Crippen LogP contribution >= 0.6 is 0 Å². The summed E-state index contributed by atoms with van der Waals surface area (Å²) in [5.74, 6) is 0. The SMILES string of the molecule is Cc1ccc2c(c1)C(C)(C)c1cc(N(c3ccc(-c4ccc(N(c5ccc6c(c5)-c5ccccc5C65c6ccccc6-c6ccccc65)c5ccc6oc7ccccc7c6c5)cc4)c(C)c3)c3ccc4c(c3)C(C)(C)c3cc(C)ccc3-4)ccc1-2. The third-order valence-electron chi connectivity index (χ3n) is 19.9. The molecular formula is C82H62N2O. The van der Waals surface area contributed by atoms with Gasteiger partial charge in [-0.1, -0.05) is 203 Å². The van der Waals surface area contributed by atoms with Gasteiger partial charge in [-0.25, -0.2) is 0 Å². The second kappa shape index (κ2) is 17.8. The van der Waals surface area contributed by atoms with Crippen LogP contribution in [0.25, 0.3) is 77.6 Å². The van der Waals surface area contributed by atoms with Crippen molar-refractivity contribution < 1.29 is 4.42 Å². The molecule has 0 atom stereocenters. The molecule has 3 nitrogen and oxygen atoms in total. The number of aryl methyl sites for hydroxylation is 3. The van der Waals surface area contributed by atoms with E-state index in [-0.39, 0.29) is 10.8 Å². The minimum atomic E-state index is -0.420. The minimum Gasteiger partial charge on any atom is -0.456 e. The summed E-state index contributed by atoms with van der Waals surface area (Å²) < 4.78 is 6.42. The average molecular weight is 1090 g/mol. The zero-order chi connectivity index (χ0) is 57.3. The Morgan fingerprint density at radius 3 is 1.24 bits per heavy atom. The number of hydrogen-bond donors (Lipinski definition) is 0. The molecule has 0 saturated heterocycles. The summed E-state index contributed by atoms with van der Waals surface area (Å²) >= 11 is 0. The zero-order valence-electron chi connectivity index (χ0n) is 49.0. The highest BCUT2D eigenvalue weighted by atomic mass is 16.3. The molecule has 85 heavy (non-hydrogen) atoms. The van der Waals surface area contributed by atoms with Gasteiger partial charge in [-0.2, -0.15) is 0 Å². The van der Waals surface area contributed by atoms with Crippen molar-refractivity contribution in [1.82, 2.24) is 0 Å². The van der Waals surface area contributed by atoms with Crippen molar-refractivity contribution in [1.29, 1.82) is 0 Å². The van der Waals surface area contributed by atoms with Crippen molar-refractivity contribution in [2.45, 2.75) is 64.7 Å². The third-order valence-corrected chi connectivity index (χ3v) is 19.9. The number of rotatable bonds is 7. The van der Waals surface area contributed by atoms with E-state index in [1.807, 2.05) is 6.07 Å². The van der Waals surface area contributed by atoms with Crippen LogP contribution in [0.4, 0.5) is 34.1 Å². The lowest BCUT2D eigenvalue weighted by Gasteiger charge is -2.31. The van der Waals surface area contributed by atoms with Crippen LogP contribution in [0.5, 0.6) is 0 Å². The molecule has 0 aliphatic heterocycles. The van der Waals surface area contributed by atoms with E-state index >= 15 is 0 Å². The van der Waals surface area contributed by atoms with Gasteiger partial charge in [0.2, 0.25) is 0 Å². The normalized spacial score (nSPS) is 14.6. The summed E-state index contributed by atoms with van der Waals surface area (Å²) in [5.41, 5.74) is 35.2. The Morgan fingerprint density at radius 2 is 0.659 bits per heavy atom. The summed E-state index contributed by atoms with van der Waals surface area (Å²) in [4.78, 5) is 4.92. The molecule has 1 spiro atoms. The maximum atomic E-state index is 6.42. The standard InChI is InChI=1S/C82H62N2O/c1-49-24-35-63-65-38-31-57(47-76(65)80(4,5)74(63)42-49)84(58-32-39-66-64-36-25-50(2)43-75(64)81(6,7)77(66)48-58)54-30-37-59(51(3)44-54)52-26-28-53(29-27-52)83(56-34-41-79-69(46-56)67-19-11-15-23-78(67)85-79)55-33-40-73-68(45-55)62-18-10-14-22-72(62)82(73)70-20-12-8-16-60(70)61-17-9-13-21-71(61)82/h8-48H,1-7H3. The minimum absolute atomic E-state index is 0.149. The summed E-state index contributed by atoms with van der Waals surface area (Å²) in [6.45, 7) is 16.2. The largest absolute Gasteiger partial charge is 0.456 e. The lowest BCUT2D eigenvalue weighted by atomic mass is 9.70. The molecule has 406 valence electrons. The van der Waals surface area contributed by atoms with Gasteiger partial charge in [0.05, 0.1) is 5.41 Å². The maximum Gasteiger partial charge on any atom is 0.135 e. The summed E-state index contributed by atoms with van der Waals surface area (Å²) in [7, 11) is 0. The van der Waals surface area contributed by atoms with E-state index in [1.54, 1.807) is 0 Å². The molecule has 4 aliphatic carbocycles. The lowest BCUT2D eigenvalue weighted by Crippen LogP contribution is -2.25. The molecule has 3 heteroatoms. The number of hydrogen-bond acceptors (Lipinski definition) is 3. The maximum absolute atomic E-state index is 6.42. The zero-order valence-corrected chi connectivity index (χ0v) is 49.0. The van der Waals surface area contributed by atoms with E-state index in [2.05, 4.69) is 301 Å². The summed E-state index contributed by atoms with van der Waals surface area (Å²) in [6, 6.07) is 93.9. The van der Waals surface area contributed by atoms with Crippen LogP contribution in [0, 0.1) is 20.8 Å². The van der Waals surface area contributed by atoms with Gasteiger partial charge in [0.25, 0.3) is 0 Å². The first-order chi connectivity index (χ1) is 41.4. The van der Waals surface area contributed by atoms with Gasteiger partial charge in [0, 0.05) is 55.7 Å². The third kappa shape index (κ3) is 6.96. The Kier molecular flexibility index (Phi) is 10.4. The van der Waals surface area contributed by atoms with Crippen LogP contribution in [0.1, 0.15) is 88.9 Å². The second-order valence-corrected chi connectivity index (χ2v) is 25.4. The van der Waals surface area contributed by atoms with Crippen molar-refractivity contribution in [3.05, 3.63) is 310 Å². The van der Waals surface area contributed by atoms with Crippen LogP contribution in [0.3, 0.4) is 0 Å². The number of benzene rings is 12. The Morgan fingerprint density at radius 1 is 0.271 bits per heavy atom. The molecule has 0 N–H and O–H groups in total. The quantitative estimate of drug-likeness (QED) is 0.159. The van der Waals surface area contributed by atoms with Crippen LogP contribution in [0.15, 0.2) is 253 Å². The fourth-order valence-corrected chi connectivity index (χ4v) is 15.8. The molecule has 17 rings (SSSR count). The first-order valence-electron chi connectivity index (χ1n) is 30.0. The molecule has 1 heterocycles. The predicted octanol–water partition coefficient (Wildman–Crippen LogP) is 22.1. The van der Waals surface area contributed by atoms with E-state index in [4.69, 9.17) is 4.42 Å². The first-order valence-corrected chi connectivity index (χ1v) is 30.0. The highest BCUT2D eigenvalue weighted by Crippen LogP contribution is 2.63. The average Bonchev–Trinajstić information content (AvgIpc) is 1.53. The molecule has 0 bridgehead atoms. The van der Waals surface area contributed by atoms with Crippen molar-refractivity contribution in [2.24, 2.45) is 0 Å². The van der Waals surface area contributed by atoms with E-state index in [0.717, 1.165) is 56.1 Å². The van der Waals surface area contributed by atoms with Gasteiger partial charge < -0.3 is 14.2 Å². The molecule has 4 aliphatic rings. The van der Waals surface area contributed by atoms with Crippen LogP contribution in [0.2, 0.25) is 0 Å². The fraction of sp³-hybridized carbons (Fsp3) is 0.122. The van der Waals surface area contributed by atoms with Crippen molar-refractivity contribution in [3.8, 4) is 55.6 Å². The topological polar surface area (TPSA) is 19.6 Å². The Bertz CT molecular complexity index is 4850. The number of fused-ring (bicyclic) bond motifs is 19. The van der Waals surface area contributed by atoms with Crippen LogP contribution in [-0.2, 0) is 16.2 Å². The number of furan rings is 1. The Hall–Kier alpha value is -9.96. The van der Waals surface area contributed by atoms with Crippen molar-refractivity contribution in [3.63, 3.8) is 0 Å². The second-order valence-electron chi connectivity index (χ2n) is 25.4. The molecule has 0 saturated carbocycles.